The first-order valence-electron chi connectivity index (χ1n) is 7.13. The molecule has 0 amide bonds. The molecule has 0 unspecified atom stereocenters. The highest BCUT2D eigenvalue weighted by atomic mass is 16.5. The van der Waals surface area contributed by atoms with Gasteiger partial charge in [0.2, 0.25) is 0 Å². The Bertz CT molecular complexity index is 520. The van der Waals surface area contributed by atoms with Crippen molar-refractivity contribution < 1.29 is 4.74 Å². The third-order valence-electron chi connectivity index (χ3n) is 3.73. The average Bonchev–Trinajstić information content (AvgIpc) is 2.97. The fraction of sp³-hybridized carbons (Fsp3) is 0.438. The van der Waals surface area contributed by atoms with Crippen molar-refractivity contribution in [2.45, 2.75) is 38.6 Å². The molecular weight excluding hydrogens is 236 g/mol. The number of hydrogen-bond donors (Lipinski definition) is 0. The molecule has 100 valence electrons. The van der Waals surface area contributed by atoms with E-state index < -0.39 is 0 Å². The van der Waals surface area contributed by atoms with Crippen molar-refractivity contribution in [2.24, 2.45) is 0 Å². The summed E-state index contributed by atoms with van der Waals surface area (Å²) in [5, 5.41) is 0. The van der Waals surface area contributed by atoms with Crippen molar-refractivity contribution in [1.82, 2.24) is 9.55 Å². The summed E-state index contributed by atoms with van der Waals surface area (Å²) in [5.74, 6) is 1.10. The minimum absolute atomic E-state index is 0.772. The van der Waals surface area contributed by atoms with E-state index in [4.69, 9.17) is 4.74 Å². The topological polar surface area (TPSA) is 27.1 Å². The zero-order chi connectivity index (χ0) is 12.9. The summed E-state index contributed by atoms with van der Waals surface area (Å²) in [6.45, 7) is 1.74. The lowest BCUT2D eigenvalue weighted by molar-refractivity contribution is 0.297. The molecule has 0 saturated carbocycles. The number of aromatic nitrogens is 2. The van der Waals surface area contributed by atoms with Crippen LogP contribution in [0, 0.1) is 0 Å². The van der Waals surface area contributed by atoms with E-state index >= 15 is 0 Å². The molecule has 1 aliphatic rings. The van der Waals surface area contributed by atoms with Crippen LogP contribution in [0.15, 0.2) is 36.9 Å². The van der Waals surface area contributed by atoms with Crippen LogP contribution in [0.2, 0.25) is 0 Å². The number of hydrogen-bond acceptors (Lipinski definition) is 2. The zero-order valence-corrected chi connectivity index (χ0v) is 11.2. The first-order chi connectivity index (χ1) is 9.43. The van der Waals surface area contributed by atoms with Crippen LogP contribution in [0.3, 0.4) is 0 Å². The predicted octanol–water partition coefficient (Wildman–Crippen LogP) is 3.23. The maximum absolute atomic E-state index is 5.97. The number of benzene rings is 1. The SMILES string of the molecule is c1cc2c(c(OCCCn3ccnc3)c1)CCCC2. The summed E-state index contributed by atoms with van der Waals surface area (Å²) < 4.78 is 8.06. The molecule has 3 rings (SSSR count). The van der Waals surface area contributed by atoms with Gasteiger partial charge in [0.15, 0.2) is 0 Å². The molecule has 3 nitrogen and oxygen atoms in total. The second-order valence-electron chi connectivity index (χ2n) is 5.10. The van der Waals surface area contributed by atoms with E-state index in [0.717, 1.165) is 25.3 Å². The Labute approximate surface area is 114 Å². The number of nitrogens with zero attached hydrogens (tertiary/aromatic N) is 2. The molecule has 0 radical (unpaired) electrons. The Hall–Kier alpha value is -1.77. The maximum atomic E-state index is 5.97. The van der Waals surface area contributed by atoms with Gasteiger partial charge in [-0.15, -0.1) is 0 Å². The van der Waals surface area contributed by atoms with E-state index in [9.17, 15) is 0 Å². The van der Waals surface area contributed by atoms with Crippen molar-refractivity contribution in [3.63, 3.8) is 0 Å². The fourth-order valence-electron chi connectivity index (χ4n) is 2.73. The van der Waals surface area contributed by atoms with Gasteiger partial charge in [0.1, 0.15) is 5.75 Å². The molecule has 19 heavy (non-hydrogen) atoms. The molecule has 1 heterocycles. The largest absolute Gasteiger partial charge is 0.493 e. The molecule has 0 aliphatic heterocycles. The van der Waals surface area contributed by atoms with Crippen LogP contribution >= 0.6 is 0 Å². The highest BCUT2D eigenvalue weighted by Gasteiger charge is 2.13. The van der Waals surface area contributed by atoms with Gasteiger partial charge in [0.25, 0.3) is 0 Å². The zero-order valence-electron chi connectivity index (χ0n) is 11.2. The summed E-state index contributed by atoms with van der Waals surface area (Å²) in [6, 6.07) is 6.48. The van der Waals surface area contributed by atoms with Gasteiger partial charge in [-0.2, -0.15) is 0 Å². The van der Waals surface area contributed by atoms with Crippen molar-refractivity contribution in [1.29, 1.82) is 0 Å². The summed E-state index contributed by atoms with van der Waals surface area (Å²) in [5.41, 5.74) is 2.93. The standard InChI is InChI=1S/C16H20N2O/c1-2-7-15-14(5-1)6-3-8-16(15)19-12-4-10-18-11-9-17-13-18/h3,6,8-9,11,13H,1-2,4-5,7,10,12H2. The Morgan fingerprint density at radius 2 is 2.16 bits per heavy atom. The lowest BCUT2D eigenvalue weighted by Gasteiger charge is -2.19. The number of fused-ring (bicyclic) bond motifs is 1. The second-order valence-corrected chi connectivity index (χ2v) is 5.10. The van der Waals surface area contributed by atoms with E-state index in [1.807, 2.05) is 18.7 Å². The quantitative estimate of drug-likeness (QED) is 0.768. The average molecular weight is 256 g/mol. The van der Waals surface area contributed by atoms with E-state index in [1.54, 1.807) is 0 Å². The first-order valence-corrected chi connectivity index (χ1v) is 7.13. The van der Waals surface area contributed by atoms with E-state index in [2.05, 4.69) is 27.8 Å². The minimum Gasteiger partial charge on any atom is -0.493 e. The van der Waals surface area contributed by atoms with Crippen LogP contribution in [0.5, 0.6) is 5.75 Å². The number of ether oxygens (including phenoxy) is 1. The van der Waals surface area contributed by atoms with Gasteiger partial charge in [0, 0.05) is 18.9 Å². The van der Waals surface area contributed by atoms with Crippen molar-refractivity contribution in [3.8, 4) is 5.75 Å². The summed E-state index contributed by atoms with van der Waals surface area (Å²) in [4.78, 5) is 4.04. The maximum Gasteiger partial charge on any atom is 0.122 e. The number of aryl methyl sites for hydroxylation is 2. The van der Waals surface area contributed by atoms with Gasteiger partial charge >= 0.3 is 0 Å². The van der Waals surface area contributed by atoms with Gasteiger partial charge in [-0.3, -0.25) is 0 Å². The number of rotatable bonds is 5. The monoisotopic (exact) mass is 256 g/mol. The number of imidazole rings is 1. The van der Waals surface area contributed by atoms with Crippen LogP contribution in [0.1, 0.15) is 30.4 Å². The first kappa shape index (κ1) is 12.3. The normalized spacial score (nSPS) is 14.1. The van der Waals surface area contributed by atoms with Crippen LogP contribution in [0.4, 0.5) is 0 Å². The van der Waals surface area contributed by atoms with Gasteiger partial charge in [0.05, 0.1) is 12.9 Å². The molecule has 1 aromatic carbocycles. The molecule has 1 aliphatic carbocycles. The van der Waals surface area contributed by atoms with E-state index in [0.29, 0.717) is 0 Å². The molecule has 3 heteroatoms. The molecule has 0 bridgehead atoms. The Balaban J connectivity index is 1.55. The predicted molar refractivity (Wildman–Crippen MR) is 75.4 cm³/mol. The Morgan fingerprint density at radius 3 is 3.05 bits per heavy atom. The van der Waals surface area contributed by atoms with E-state index in [-0.39, 0.29) is 0 Å². The molecule has 0 spiro atoms. The Kier molecular flexibility index (Phi) is 3.82. The lowest BCUT2D eigenvalue weighted by Crippen LogP contribution is -2.08. The summed E-state index contributed by atoms with van der Waals surface area (Å²) in [7, 11) is 0. The lowest BCUT2D eigenvalue weighted by atomic mass is 9.91. The summed E-state index contributed by atoms with van der Waals surface area (Å²) in [6.07, 6.45) is 11.7. The highest BCUT2D eigenvalue weighted by Crippen LogP contribution is 2.29. The van der Waals surface area contributed by atoms with Gasteiger partial charge in [-0.25, -0.2) is 4.98 Å². The van der Waals surface area contributed by atoms with Crippen LogP contribution < -0.4 is 4.74 Å². The van der Waals surface area contributed by atoms with Crippen molar-refractivity contribution >= 4 is 0 Å². The Morgan fingerprint density at radius 1 is 1.21 bits per heavy atom. The molecule has 0 saturated heterocycles. The van der Waals surface area contributed by atoms with Gasteiger partial charge in [-0.05, 0) is 49.3 Å². The fourth-order valence-corrected chi connectivity index (χ4v) is 2.73. The van der Waals surface area contributed by atoms with Crippen LogP contribution in [0.25, 0.3) is 0 Å². The van der Waals surface area contributed by atoms with Crippen molar-refractivity contribution in [3.05, 3.63) is 48.0 Å². The third-order valence-corrected chi connectivity index (χ3v) is 3.73. The third kappa shape index (κ3) is 2.98. The van der Waals surface area contributed by atoms with Gasteiger partial charge < -0.3 is 9.30 Å². The molecule has 0 fully saturated rings. The summed E-state index contributed by atoms with van der Waals surface area (Å²) >= 11 is 0. The van der Waals surface area contributed by atoms with Crippen LogP contribution in [-0.2, 0) is 19.4 Å². The highest BCUT2D eigenvalue weighted by molar-refractivity contribution is 5.41. The molecule has 0 atom stereocenters. The minimum atomic E-state index is 0.772. The second kappa shape index (κ2) is 5.91. The molecule has 2 aromatic rings. The smallest absolute Gasteiger partial charge is 0.122 e. The molecule has 1 aromatic heterocycles. The van der Waals surface area contributed by atoms with Crippen molar-refractivity contribution in [2.75, 3.05) is 6.61 Å². The van der Waals surface area contributed by atoms with E-state index in [1.165, 1.54) is 36.8 Å². The molecule has 0 N–H and O–H groups in total. The van der Waals surface area contributed by atoms with Crippen LogP contribution in [-0.4, -0.2) is 16.2 Å². The molecular formula is C16H20N2O. The van der Waals surface area contributed by atoms with Gasteiger partial charge in [-0.1, -0.05) is 12.1 Å².